The Balaban J connectivity index is 1.82. The molecule has 3 unspecified atom stereocenters. The lowest BCUT2D eigenvalue weighted by Crippen LogP contribution is -2.46. The van der Waals surface area contributed by atoms with Crippen molar-refractivity contribution in [1.82, 2.24) is 9.97 Å². The van der Waals surface area contributed by atoms with Crippen LogP contribution < -0.4 is 15.5 Å². The number of aromatic nitrogens is 2. The van der Waals surface area contributed by atoms with E-state index < -0.39 is 0 Å². The summed E-state index contributed by atoms with van der Waals surface area (Å²) >= 11 is 0. The molecule has 7 nitrogen and oxygen atoms in total. The fraction of sp³-hybridized carbons (Fsp3) is 0.667. The summed E-state index contributed by atoms with van der Waals surface area (Å²) in [6, 6.07) is 1.69. The summed E-state index contributed by atoms with van der Waals surface area (Å²) in [6.07, 6.45) is 3.66. The second-order valence-electron chi connectivity index (χ2n) is 6.15. The highest BCUT2D eigenvalue weighted by atomic mass is 16.5. The van der Waals surface area contributed by atoms with E-state index in [0.29, 0.717) is 0 Å². The molecule has 1 amide bonds. The lowest BCUT2D eigenvalue weighted by atomic mass is 10.2. The Morgan fingerprint density at radius 2 is 1.95 bits per heavy atom. The van der Waals surface area contributed by atoms with Crippen molar-refractivity contribution in [3.05, 3.63) is 12.4 Å². The third-order valence-electron chi connectivity index (χ3n) is 4.26. The zero-order valence-corrected chi connectivity index (χ0v) is 13.1. The second kappa shape index (κ2) is 6.08. The fourth-order valence-corrected chi connectivity index (χ4v) is 3.37. The Labute approximate surface area is 130 Å². The van der Waals surface area contributed by atoms with Crippen LogP contribution in [-0.2, 0) is 9.53 Å². The van der Waals surface area contributed by atoms with Crippen molar-refractivity contribution < 1.29 is 9.53 Å². The van der Waals surface area contributed by atoms with Gasteiger partial charge in [-0.25, -0.2) is 9.97 Å². The minimum atomic E-state index is -0.286. The minimum absolute atomic E-state index is 0.173. The molecule has 2 aliphatic rings. The van der Waals surface area contributed by atoms with Crippen LogP contribution in [0.3, 0.4) is 0 Å². The molecule has 3 rings (SSSR count). The molecule has 0 spiro atoms. The van der Waals surface area contributed by atoms with Gasteiger partial charge < -0.3 is 20.3 Å². The Morgan fingerprint density at radius 3 is 2.64 bits per heavy atom. The molecule has 3 atom stereocenters. The topological polar surface area (TPSA) is 84.6 Å². The van der Waals surface area contributed by atoms with Gasteiger partial charge in [0.05, 0.1) is 12.2 Å². The number of amides is 1. The molecule has 1 aromatic rings. The molecule has 3 heterocycles. The SMILES string of the molecule is CC1CN(c2cc(N3CCCC3C(N)=O)ncn2)CC(C)O1. The van der Waals surface area contributed by atoms with Gasteiger partial charge in [0.1, 0.15) is 24.0 Å². The van der Waals surface area contributed by atoms with E-state index in [4.69, 9.17) is 10.5 Å². The van der Waals surface area contributed by atoms with E-state index in [1.165, 1.54) is 0 Å². The number of morpholine rings is 1. The summed E-state index contributed by atoms with van der Waals surface area (Å²) in [4.78, 5) is 24.5. The van der Waals surface area contributed by atoms with E-state index in [2.05, 4.69) is 28.7 Å². The fourth-order valence-electron chi connectivity index (χ4n) is 3.37. The number of hydrogen-bond acceptors (Lipinski definition) is 6. The highest BCUT2D eigenvalue weighted by Gasteiger charge is 2.31. The number of nitrogens with two attached hydrogens (primary N) is 1. The van der Waals surface area contributed by atoms with Gasteiger partial charge in [-0.1, -0.05) is 0 Å². The van der Waals surface area contributed by atoms with Crippen molar-refractivity contribution in [2.45, 2.75) is 44.9 Å². The molecule has 0 aromatic carbocycles. The van der Waals surface area contributed by atoms with E-state index >= 15 is 0 Å². The molecule has 22 heavy (non-hydrogen) atoms. The first-order chi connectivity index (χ1) is 10.5. The second-order valence-corrected chi connectivity index (χ2v) is 6.15. The average Bonchev–Trinajstić information content (AvgIpc) is 2.96. The van der Waals surface area contributed by atoms with Gasteiger partial charge in [-0.15, -0.1) is 0 Å². The Bertz CT molecular complexity index is 542. The largest absolute Gasteiger partial charge is 0.372 e. The van der Waals surface area contributed by atoms with Crippen molar-refractivity contribution in [2.24, 2.45) is 5.73 Å². The molecule has 0 aliphatic carbocycles. The van der Waals surface area contributed by atoms with Crippen LogP contribution in [0.4, 0.5) is 11.6 Å². The number of rotatable bonds is 3. The molecule has 0 bridgehead atoms. The normalized spacial score (nSPS) is 28.9. The molecule has 120 valence electrons. The van der Waals surface area contributed by atoms with Crippen LogP contribution in [0.25, 0.3) is 0 Å². The van der Waals surface area contributed by atoms with E-state index in [1.54, 1.807) is 6.33 Å². The van der Waals surface area contributed by atoms with E-state index in [1.807, 2.05) is 11.0 Å². The Kier molecular flexibility index (Phi) is 4.15. The summed E-state index contributed by atoms with van der Waals surface area (Å²) in [5.41, 5.74) is 5.49. The third kappa shape index (κ3) is 2.99. The molecule has 2 N–H and O–H groups in total. The van der Waals surface area contributed by atoms with Gasteiger partial charge in [0.15, 0.2) is 0 Å². The summed E-state index contributed by atoms with van der Waals surface area (Å²) in [6.45, 7) is 6.54. The smallest absolute Gasteiger partial charge is 0.240 e. The van der Waals surface area contributed by atoms with Crippen LogP contribution in [-0.4, -0.2) is 53.8 Å². The highest BCUT2D eigenvalue weighted by molar-refractivity contribution is 5.84. The summed E-state index contributed by atoms with van der Waals surface area (Å²) < 4.78 is 5.76. The van der Waals surface area contributed by atoms with Gasteiger partial charge in [0, 0.05) is 25.7 Å². The zero-order chi connectivity index (χ0) is 15.7. The molecule has 0 radical (unpaired) electrons. The van der Waals surface area contributed by atoms with E-state index in [-0.39, 0.29) is 24.2 Å². The number of anilines is 2. The maximum Gasteiger partial charge on any atom is 0.240 e. The first kappa shape index (κ1) is 15.0. The standard InChI is InChI=1S/C15H23N5O2/c1-10-7-19(8-11(2)22-10)13-6-14(18-9-17-13)20-5-3-4-12(20)15(16)21/h6,9-12H,3-5,7-8H2,1-2H3,(H2,16,21). The zero-order valence-electron chi connectivity index (χ0n) is 13.1. The van der Waals surface area contributed by atoms with Crippen LogP contribution >= 0.6 is 0 Å². The van der Waals surface area contributed by atoms with Gasteiger partial charge in [0.25, 0.3) is 0 Å². The third-order valence-corrected chi connectivity index (χ3v) is 4.26. The molecule has 2 aliphatic heterocycles. The number of carbonyl (C=O) groups is 1. The van der Waals surface area contributed by atoms with Crippen molar-refractivity contribution in [3.8, 4) is 0 Å². The monoisotopic (exact) mass is 305 g/mol. The number of ether oxygens (including phenoxy) is 1. The molecular weight excluding hydrogens is 282 g/mol. The predicted molar refractivity (Wildman–Crippen MR) is 83.8 cm³/mol. The quantitative estimate of drug-likeness (QED) is 0.877. The van der Waals surface area contributed by atoms with Gasteiger partial charge in [-0.2, -0.15) is 0 Å². The molecule has 2 saturated heterocycles. The molecule has 0 saturated carbocycles. The number of primary amides is 1. The maximum atomic E-state index is 11.6. The van der Waals surface area contributed by atoms with E-state index in [9.17, 15) is 4.79 Å². The number of carbonyl (C=O) groups excluding carboxylic acids is 1. The summed E-state index contributed by atoms with van der Waals surface area (Å²) in [7, 11) is 0. The Morgan fingerprint density at radius 1 is 1.27 bits per heavy atom. The van der Waals surface area contributed by atoms with Gasteiger partial charge in [0.2, 0.25) is 5.91 Å². The van der Waals surface area contributed by atoms with Crippen molar-refractivity contribution in [2.75, 3.05) is 29.4 Å². The molecule has 7 heteroatoms. The first-order valence-corrected chi connectivity index (χ1v) is 7.83. The van der Waals surface area contributed by atoms with E-state index in [0.717, 1.165) is 44.1 Å². The minimum Gasteiger partial charge on any atom is -0.372 e. The van der Waals surface area contributed by atoms with Crippen molar-refractivity contribution >= 4 is 17.5 Å². The molecular formula is C15H23N5O2. The predicted octanol–water partition coefficient (Wildman–Crippen LogP) is 0.544. The van der Waals surface area contributed by atoms with Crippen molar-refractivity contribution in [1.29, 1.82) is 0 Å². The lowest BCUT2D eigenvalue weighted by Gasteiger charge is -2.36. The van der Waals surface area contributed by atoms with Crippen LogP contribution in [0.2, 0.25) is 0 Å². The van der Waals surface area contributed by atoms with Crippen molar-refractivity contribution in [3.63, 3.8) is 0 Å². The van der Waals surface area contributed by atoms with Crippen LogP contribution in [0, 0.1) is 0 Å². The average molecular weight is 305 g/mol. The summed E-state index contributed by atoms with van der Waals surface area (Å²) in [5.74, 6) is 1.37. The summed E-state index contributed by atoms with van der Waals surface area (Å²) in [5, 5.41) is 0. The Hall–Kier alpha value is -1.89. The van der Waals surface area contributed by atoms with Crippen LogP contribution in [0.5, 0.6) is 0 Å². The maximum absolute atomic E-state index is 11.6. The first-order valence-electron chi connectivity index (χ1n) is 7.83. The van der Waals surface area contributed by atoms with Crippen LogP contribution in [0.1, 0.15) is 26.7 Å². The van der Waals surface area contributed by atoms with Crippen LogP contribution in [0.15, 0.2) is 12.4 Å². The molecule has 1 aromatic heterocycles. The van der Waals surface area contributed by atoms with Gasteiger partial charge in [-0.3, -0.25) is 4.79 Å². The molecule has 2 fully saturated rings. The number of hydrogen-bond donors (Lipinski definition) is 1. The van der Waals surface area contributed by atoms with Gasteiger partial charge >= 0.3 is 0 Å². The van der Waals surface area contributed by atoms with Gasteiger partial charge in [-0.05, 0) is 26.7 Å². The highest BCUT2D eigenvalue weighted by Crippen LogP contribution is 2.27. The number of nitrogens with zero attached hydrogens (tertiary/aromatic N) is 4. The lowest BCUT2D eigenvalue weighted by molar-refractivity contribution is -0.119.